The molecule has 1 aliphatic rings. The van der Waals surface area contributed by atoms with Crippen molar-refractivity contribution in [1.82, 2.24) is 5.32 Å². The zero-order chi connectivity index (χ0) is 19.3. The summed E-state index contributed by atoms with van der Waals surface area (Å²) in [6.45, 7) is 0.833. The van der Waals surface area contributed by atoms with Crippen LogP contribution in [-0.2, 0) is 19.7 Å². The molecule has 0 aromatic heterocycles. The van der Waals surface area contributed by atoms with E-state index < -0.39 is 17.3 Å². The van der Waals surface area contributed by atoms with Gasteiger partial charge in [0.1, 0.15) is 5.82 Å². The largest absolute Gasteiger partial charge is 0.481 e. The third-order valence-electron chi connectivity index (χ3n) is 5.14. The Morgan fingerprint density at radius 3 is 2.30 bits per heavy atom. The molecule has 0 spiro atoms. The van der Waals surface area contributed by atoms with Crippen LogP contribution in [0.15, 0.2) is 54.6 Å². The average molecular weight is 371 g/mol. The fraction of sp³-hybridized carbons (Fsp3) is 0.333. The highest BCUT2D eigenvalue weighted by Gasteiger charge is 2.42. The summed E-state index contributed by atoms with van der Waals surface area (Å²) in [4.78, 5) is 24.8. The fourth-order valence-electron chi connectivity index (χ4n) is 3.53. The van der Waals surface area contributed by atoms with E-state index >= 15 is 0 Å². The quantitative estimate of drug-likeness (QED) is 0.819. The molecule has 1 heterocycles. The molecule has 1 amide bonds. The Kier molecular flexibility index (Phi) is 5.86. The molecular formula is C21H22FNO4. The van der Waals surface area contributed by atoms with Gasteiger partial charge in [-0.2, -0.15) is 0 Å². The number of carboxylic acids is 1. The number of aliphatic carboxylic acids is 1. The smallest absolute Gasteiger partial charge is 0.312 e. The van der Waals surface area contributed by atoms with E-state index in [2.05, 4.69) is 5.32 Å². The van der Waals surface area contributed by atoms with E-state index in [4.69, 9.17) is 4.74 Å². The van der Waals surface area contributed by atoms with Crippen LogP contribution < -0.4 is 5.32 Å². The second-order valence-corrected chi connectivity index (χ2v) is 6.71. The Balaban J connectivity index is 1.80. The van der Waals surface area contributed by atoms with Crippen molar-refractivity contribution >= 4 is 11.9 Å². The SMILES string of the molecule is O=C(O)C(CNC(=O)C1(c2ccc(F)cc2)CCOCC1)c1ccccc1. The number of carboxylic acid groups (broad SMARTS) is 1. The Labute approximate surface area is 157 Å². The van der Waals surface area contributed by atoms with Crippen LogP contribution >= 0.6 is 0 Å². The van der Waals surface area contributed by atoms with Gasteiger partial charge in [0.15, 0.2) is 0 Å². The molecule has 0 saturated carbocycles. The van der Waals surface area contributed by atoms with E-state index in [1.807, 2.05) is 6.07 Å². The van der Waals surface area contributed by atoms with Crippen molar-refractivity contribution in [2.24, 2.45) is 0 Å². The maximum atomic E-state index is 13.3. The van der Waals surface area contributed by atoms with Gasteiger partial charge >= 0.3 is 5.97 Å². The van der Waals surface area contributed by atoms with Gasteiger partial charge in [0.2, 0.25) is 5.91 Å². The zero-order valence-corrected chi connectivity index (χ0v) is 14.9. The van der Waals surface area contributed by atoms with Crippen LogP contribution in [-0.4, -0.2) is 36.7 Å². The molecule has 3 rings (SSSR count). The molecule has 2 aromatic rings. The van der Waals surface area contributed by atoms with Gasteiger partial charge in [0, 0.05) is 19.8 Å². The molecule has 5 nitrogen and oxygen atoms in total. The second-order valence-electron chi connectivity index (χ2n) is 6.71. The van der Waals surface area contributed by atoms with Crippen molar-refractivity contribution in [3.05, 3.63) is 71.5 Å². The van der Waals surface area contributed by atoms with Gasteiger partial charge in [0.25, 0.3) is 0 Å². The first-order chi connectivity index (χ1) is 13.0. The van der Waals surface area contributed by atoms with Gasteiger partial charge in [-0.1, -0.05) is 42.5 Å². The molecule has 1 fully saturated rings. The monoisotopic (exact) mass is 371 g/mol. The highest BCUT2D eigenvalue weighted by molar-refractivity contribution is 5.89. The van der Waals surface area contributed by atoms with E-state index in [9.17, 15) is 19.1 Å². The van der Waals surface area contributed by atoms with Crippen molar-refractivity contribution in [1.29, 1.82) is 0 Å². The molecule has 1 aliphatic heterocycles. The molecule has 2 N–H and O–H groups in total. The number of ether oxygens (including phenoxy) is 1. The number of carbonyl (C=O) groups is 2. The number of hydrogen-bond acceptors (Lipinski definition) is 3. The normalized spacial score (nSPS) is 17.1. The van der Waals surface area contributed by atoms with Crippen LogP contribution in [0.1, 0.15) is 29.9 Å². The molecule has 142 valence electrons. The first-order valence-electron chi connectivity index (χ1n) is 8.93. The van der Waals surface area contributed by atoms with E-state index in [0.717, 1.165) is 5.56 Å². The summed E-state index contributed by atoms with van der Waals surface area (Å²) in [5, 5.41) is 12.4. The average Bonchev–Trinajstić information content (AvgIpc) is 2.69. The van der Waals surface area contributed by atoms with Crippen LogP contribution in [0.3, 0.4) is 0 Å². The van der Waals surface area contributed by atoms with Gasteiger partial charge in [-0.05, 0) is 36.1 Å². The molecule has 0 bridgehead atoms. The number of benzene rings is 2. The summed E-state index contributed by atoms with van der Waals surface area (Å²) < 4.78 is 18.7. The highest BCUT2D eigenvalue weighted by Crippen LogP contribution is 2.35. The molecular weight excluding hydrogens is 349 g/mol. The first kappa shape index (κ1) is 19.0. The molecule has 27 heavy (non-hydrogen) atoms. The van der Waals surface area contributed by atoms with Crippen molar-refractivity contribution in [3.8, 4) is 0 Å². The van der Waals surface area contributed by atoms with Crippen LogP contribution in [0.4, 0.5) is 4.39 Å². The Hall–Kier alpha value is -2.73. The number of halogens is 1. The summed E-state index contributed by atoms with van der Waals surface area (Å²) in [6, 6.07) is 14.7. The molecule has 1 saturated heterocycles. The highest BCUT2D eigenvalue weighted by atomic mass is 19.1. The van der Waals surface area contributed by atoms with E-state index in [-0.39, 0.29) is 18.3 Å². The number of rotatable bonds is 6. The maximum Gasteiger partial charge on any atom is 0.312 e. The predicted octanol–water partition coefficient (Wildman–Crippen LogP) is 2.86. The standard InChI is InChI=1S/C21H22FNO4/c22-17-8-6-16(7-9-17)21(10-12-27-13-11-21)20(26)23-14-18(19(24)25)15-4-2-1-3-5-15/h1-9,18H,10-14H2,(H,23,26)(H,24,25). The number of amides is 1. The van der Waals surface area contributed by atoms with Gasteiger partial charge in [-0.3, -0.25) is 9.59 Å². The topological polar surface area (TPSA) is 75.6 Å². The first-order valence-corrected chi connectivity index (χ1v) is 8.93. The molecule has 0 radical (unpaired) electrons. The molecule has 6 heteroatoms. The van der Waals surface area contributed by atoms with Gasteiger partial charge in [0.05, 0.1) is 11.3 Å². The third-order valence-corrected chi connectivity index (χ3v) is 5.14. The lowest BCUT2D eigenvalue weighted by Crippen LogP contribution is -2.49. The van der Waals surface area contributed by atoms with Crippen molar-refractivity contribution in [2.75, 3.05) is 19.8 Å². The van der Waals surface area contributed by atoms with Crippen molar-refractivity contribution < 1.29 is 23.8 Å². The number of carbonyl (C=O) groups excluding carboxylic acids is 1. The fourth-order valence-corrected chi connectivity index (χ4v) is 3.53. The lowest BCUT2D eigenvalue weighted by molar-refractivity contribution is -0.139. The Bertz CT molecular complexity index is 786. The van der Waals surface area contributed by atoms with Crippen molar-refractivity contribution in [2.45, 2.75) is 24.2 Å². The number of nitrogens with one attached hydrogen (secondary N) is 1. The summed E-state index contributed by atoms with van der Waals surface area (Å²) in [7, 11) is 0. The summed E-state index contributed by atoms with van der Waals surface area (Å²) in [5.74, 6) is -2.44. The lowest BCUT2D eigenvalue weighted by atomic mass is 9.73. The second kappa shape index (κ2) is 8.31. The predicted molar refractivity (Wildman–Crippen MR) is 98.0 cm³/mol. The van der Waals surface area contributed by atoms with Crippen LogP contribution in [0.2, 0.25) is 0 Å². The third kappa shape index (κ3) is 4.17. The minimum absolute atomic E-state index is 0.0119. The van der Waals surface area contributed by atoms with E-state index in [1.165, 1.54) is 12.1 Å². The van der Waals surface area contributed by atoms with Crippen LogP contribution in [0.5, 0.6) is 0 Å². The van der Waals surface area contributed by atoms with Gasteiger partial charge in [-0.25, -0.2) is 4.39 Å². The van der Waals surface area contributed by atoms with Crippen molar-refractivity contribution in [3.63, 3.8) is 0 Å². The van der Waals surface area contributed by atoms with Gasteiger partial charge < -0.3 is 15.2 Å². The Morgan fingerprint density at radius 1 is 1.07 bits per heavy atom. The minimum atomic E-state index is -0.996. The zero-order valence-electron chi connectivity index (χ0n) is 14.9. The molecule has 1 atom stereocenters. The van der Waals surface area contributed by atoms with Crippen LogP contribution in [0.25, 0.3) is 0 Å². The summed E-state index contributed by atoms with van der Waals surface area (Å²) in [5.41, 5.74) is 0.510. The van der Waals surface area contributed by atoms with E-state index in [0.29, 0.717) is 31.6 Å². The molecule has 2 aromatic carbocycles. The maximum absolute atomic E-state index is 13.3. The number of hydrogen-bond donors (Lipinski definition) is 2. The minimum Gasteiger partial charge on any atom is -0.481 e. The lowest BCUT2D eigenvalue weighted by Gasteiger charge is -2.36. The summed E-state index contributed by atoms with van der Waals surface area (Å²) >= 11 is 0. The Morgan fingerprint density at radius 2 is 1.70 bits per heavy atom. The molecule has 0 aliphatic carbocycles. The molecule has 1 unspecified atom stereocenters. The van der Waals surface area contributed by atoms with Crippen LogP contribution in [0, 0.1) is 5.82 Å². The summed E-state index contributed by atoms with van der Waals surface area (Å²) in [6.07, 6.45) is 0.932. The van der Waals surface area contributed by atoms with Gasteiger partial charge in [-0.15, -0.1) is 0 Å². The van der Waals surface area contributed by atoms with E-state index in [1.54, 1.807) is 36.4 Å².